The summed E-state index contributed by atoms with van der Waals surface area (Å²) in [6.45, 7) is 5.61. The Hall–Kier alpha value is -2.54. The largest absolute Gasteiger partial charge is 0.476 e. The van der Waals surface area contributed by atoms with E-state index in [9.17, 15) is 13.2 Å². The fraction of sp³-hybridized carbons (Fsp3) is 0.381. The van der Waals surface area contributed by atoms with Gasteiger partial charge in [0.1, 0.15) is 5.75 Å². The minimum absolute atomic E-state index is 0.0469. The lowest BCUT2D eigenvalue weighted by Crippen LogP contribution is -2.49. The summed E-state index contributed by atoms with van der Waals surface area (Å²) in [6, 6.07) is 12.8. The molecule has 1 aliphatic heterocycles. The van der Waals surface area contributed by atoms with Gasteiger partial charge in [0.25, 0.3) is 5.91 Å². The number of ether oxygens (including phenoxy) is 1. The van der Waals surface area contributed by atoms with Gasteiger partial charge in [0, 0.05) is 5.69 Å². The van der Waals surface area contributed by atoms with Gasteiger partial charge < -0.3 is 10.1 Å². The zero-order chi connectivity index (χ0) is 20.3. The van der Waals surface area contributed by atoms with Gasteiger partial charge in [-0.25, -0.2) is 8.42 Å². The van der Waals surface area contributed by atoms with Gasteiger partial charge in [0.15, 0.2) is 6.10 Å². The summed E-state index contributed by atoms with van der Waals surface area (Å²) in [5.41, 5.74) is 3.35. The molecule has 0 aromatic heterocycles. The Morgan fingerprint density at radius 3 is 2.32 bits per heavy atom. The van der Waals surface area contributed by atoms with Crippen LogP contribution in [0.4, 0.5) is 11.4 Å². The minimum atomic E-state index is -3.53. The van der Waals surface area contributed by atoms with Gasteiger partial charge in [-0.15, -0.1) is 0 Å². The van der Waals surface area contributed by atoms with Gasteiger partial charge in [-0.05, 0) is 43.0 Å². The lowest BCUT2D eigenvalue weighted by atomic mass is 10.0. The fourth-order valence-electron chi connectivity index (χ4n) is 3.36. The maximum Gasteiger partial charge on any atom is 0.267 e. The topological polar surface area (TPSA) is 75.7 Å². The molecule has 28 heavy (non-hydrogen) atoms. The Kier molecular flexibility index (Phi) is 5.93. The molecule has 1 heterocycles. The van der Waals surface area contributed by atoms with Crippen LogP contribution >= 0.6 is 0 Å². The van der Waals surface area contributed by atoms with E-state index in [1.54, 1.807) is 31.2 Å². The minimum Gasteiger partial charge on any atom is -0.476 e. The Morgan fingerprint density at radius 1 is 1.07 bits per heavy atom. The van der Waals surface area contributed by atoms with Gasteiger partial charge in [-0.2, -0.15) is 0 Å². The molecule has 0 saturated heterocycles. The summed E-state index contributed by atoms with van der Waals surface area (Å²) >= 11 is 0. The molecular weight excluding hydrogens is 376 g/mol. The molecule has 6 nitrogen and oxygen atoms in total. The van der Waals surface area contributed by atoms with Crippen molar-refractivity contribution in [2.45, 2.75) is 39.7 Å². The lowest BCUT2D eigenvalue weighted by Gasteiger charge is -2.34. The highest BCUT2D eigenvalue weighted by atomic mass is 32.2. The second kappa shape index (κ2) is 8.22. The van der Waals surface area contributed by atoms with Crippen LogP contribution in [0.2, 0.25) is 0 Å². The van der Waals surface area contributed by atoms with Crippen molar-refractivity contribution in [3.05, 3.63) is 53.6 Å². The second-order valence-electron chi connectivity index (χ2n) is 6.65. The quantitative estimate of drug-likeness (QED) is 0.804. The number of fused-ring (bicyclic) bond motifs is 1. The van der Waals surface area contributed by atoms with Gasteiger partial charge in [-0.1, -0.05) is 44.2 Å². The number of carbonyl (C=O) groups excluding carboxylic acids is 1. The van der Waals surface area contributed by atoms with E-state index in [0.717, 1.165) is 29.7 Å². The first-order valence-corrected chi connectivity index (χ1v) is 11.2. The smallest absolute Gasteiger partial charge is 0.267 e. The van der Waals surface area contributed by atoms with Crippen molar-refractivity contribution in [3.63, 3.8) is 0 Å². The van der Waals surface area contributed by atoms with E-state index in [2.05, 4.69) is 5.32 Å². The highest BCUT2D eigenvalue weighted by molar-refractivity contribution is 7.92. The van der Waals surface area contributed by atoms with Crippen molar-refractivity contribution < 1.29 is 17.9 Å². The van der Waals surface area contributed by atoms with Crippen molar-refractivity contribution >= 4 is 27.3 Å². The third-order valence-electron chi connectivity index (χ3n) is 4.97. The van der Waals surface area contributed by atoms with E-state index in [0.29, 0.717) is 11.4 Å². The van der Waals surface area contributed by atoms with Crippen molar-refractivity contribution in [3.8, 4) is 5.75 Å². The van der Waals surface area contributed by atoms with Gasteiger partial charge >= 0.3 is 0 Å². The first kappa shape index (κ1) is 20.2. The molecule has 0 radical (unpaired) electrons. The van der Waals surface area contributed by atoms with Gasteiger partial charge in [-0.3, -0.25) is 9.10 Å². The van der Waals surface area contributed by atoms with Crippen LogP contribution in [0.25, 0.3) is 0 Å². The summed E-state index contributed by atoms with van der Waals surface area (Å²) in [6.07, 6.45) is 0.647. The monoisotopic (exact) mass is 402 g/mol. The highest BCUT2D eigenvalue weighted by Crippen LogP contribution is 2.35. The number of rotatable bonds is 6. The van der Waals surface area contributed by atoms with Crippen LogP contribution in [0.1, 0.15) is 31.9 Å². The average Bonchev–Trinajstić information content (AvgIpc) is 2.72. The summed E-state index contributed by atoms with van der Waals surface area (Å²) in [7, 11) is -3.53. The summed E-state index contributed by atoms with van der Waals surface area (Å²) in [5, 5.41) is 2.99. The van der Waals surface area contributed by atoms with Crippen molar-refractivity contribution in [2.75, 3.05) is 21.9 Å². The maximum absolute atomic E-state index is 13.0. The number of aryl methyl sites for hydroxylation is 2. The average molecular weight is 403 g/mol. The van der Waals surface area contributed by atoms with E-state index >= 15 is 0 Å². The number of nitrogens with one attached hydrogen (secondary N) is 1. The Labute approximate surface area is 166 Å². The van der Waals surface area contributed by atoms with E-state index in [1.807, 2.05) is 32.0 Å². The number of anilines is 2. The SMILES string of the molecule is CCc1cccc(CC)c1NC(=O)[C@H]1CN(S(=O)(=O)CC)c2ccccc2O1. The lowest BCUT2D eigenvalue weighted by molar-refractivity contribution is -0.122. The molecule has 1 atom stereocenters. The molecule has 0 saturated carbocycles. The van der Waals surface area contributed by atoms with E-state index < -0.39 is 16.1 Å². The molecule has 2 aromatic rings. The van der Waals surface area contributed by atoms with E-state index in [1.165, 1.54) is 4.31 Å². The third-order valence-corrected chi connectivity index (χ3v) is 6.72. The van der Waals surface area contributed by atoms with Crippen LogP contribution in [0.5, 0.6) is 5.75 Å². The molecule has 1 N–H and O–H groups in total. The van der Waals surface area contributed by atoms with Gasteiger partial charge in [0.05, 0.1) is 18.0 Å². The molecule has 2 aromatic carbocycles. The number of benzene rings is 2. The molecule has 0 spiro atoms. The maximum atomic E-state index is 13.0. The normalized spacial score (nSPS) is 16.2. The molecule has 0 bridgehead atoms. The number of amides is 1. The van der Waals surface area contributed by atoms with Gasteiger partial charge in [0.2, 0.25) is 10.0 Å². The molecule has 1 amide bonds. The van der Waals surface area contributed by atoms with Crippen LogP contribution in [0.3, 0.4) is 0 Å². The number of sulfonamides is 1. The number of hydrogen-bond acceptors (Lipinski definition) is 4. The number of para-hydroxylation sites is 3. The summed E-state index contributed by atoms with van der Waals surface area (Å²) in [5.74, 6) is 0.000687. The molecule has 0 fully saturated rings. The Balaban J connectivity index is 1.92. The molecule has 0 aliphatic carbocycles. The first-order valence-electron chi connectivity index (χ1n) is 9.59. The molecule has 150 valence electrons. The third kappa shape index (κ3) is 3.85. The zero-order valence-electron chi connectivity index (χ0n) is 16.4. The second-order valence-corrected chi connectivity index (χ2v) is 8.84. The molecule has 0 unspecified atom stereocenters. The molecule has 7 heteroatoms. The van der Waals surface area contributed by atoms with Crippen LogP contribution in [0, 0.1) is 0 Å². The zero-order valence-corrected chi connectivity index (χ0v) is 17.3. The number of hydrogen-bond donors (Lipinski definition) is 1. The fourth-order valence-corrected chi connectivity index (χ4v) is 4.49. The number of carbonyl (C=O) groups is 1. The first-order chi connectivity index (χ1) is 13.4. The van der Waals surface area contributed by atoms with Crippen LogP contribution in [-0.4, -0.2) is 32.7 Å². The van der Waals surface area contributed by atoms with Crippen molar-refractivity contribution in [1.82, 2.24) is 0 Å². The predicted octanol–water partition coefficient (Wildman–Crippen LogP) is 3.37. The van der Waals surface area contributed by atoms with Crippen LogP contribution in [0.15, 0.2) is 42.5 Å². The Morgan fingerprint density at radius 2 is 1.71 bits per heavy atom. The Bertz CT molecular complexity index is 950. The predicted molar refractivity (Wildman–Crippen MR) is 111 cm³/mol. The van der Waals surface area contributed by atoms with Crippen LogP contribution in [-0.2, 0) is 27.7 Å². The van der Waals surface area contributed by atoms with E-state index in [4.69, 9.17) is 4.74 Å². The molecular formula is C21H26N2O4S. The summed E-state index contributed by atoms with van der Waals surface area (Å²) in [4.78, 5) is 13.0. The molecule has 1 aliphatic rings. The summed E-state index contributed by atoms with van der Waals surface area (Å²) < 4.78 is 32.3. The van der Waals surface area contributed by atoms with Crippen molar-refractivity contribution in [1.29, 1.82) is 0 Å². The highest BCUT2D eigenvalue weighted by Gasteiger charge is 2.36. The van der Waals surface area contributed by atoms with Crippen molar-refractivity contribution in [2.24, 2.45) is 0 Å². The standard InChI is InChI=1S/C21H26N2O4S/c1-4-15-10-9-11-16(5-2)20(15)22-21(24)19-14-23(28(25,26)6-3)17-12-7-8-13-18(17)27-19/h7-13,19H,4-6,14H2,1-3H3,(H,22,24)/t19-/m1/s1. The molecule has 3 rings (SSSR count). The van der Waals surface area contributed by atoms with Crippen LogP contribution < -0.4 is 14.4 Å². The number of nitrogens with zero attached hydrogens (tertiary/aromatic N) is 1. The van der Waals surface area contributed by atoms with E-state index in [-0.39, 0.29) is 18.2 Å².